The van der Waals surface area contributed by atoms with Gasteiger partial charge in [-0.3, -0.25) is 4.79 Å². The number of aromatic nitrogens is 3. The molecule has 0 bridgehead atoms. The first-order valence-electron chi connectivity index (χ1n) is 8.98. The molecule has 0 unspecified atom stereocenters. The summed E-state index contributed by atoms with van der Waals surface area (Å²) in [4.78, 5) is 17.3. The third-order valence-electron chi connectivity index (χ3n) is 4.48. The van der Waals surface area contributed by atoms with E-state index in [0.29, 0.717) is 32.8 Å². The van der Waals surface area contributed by atoms with Gasteiger partial charge in [-0.15, -0.1) is 5.10 Å². The van der Waals surface area contributed by atoms with Crippen LogP contribution in [0, 0.1) is 12.7 Å². The Morgan fingerprint density at radius 2 is 1.77 bits per heavy atom. The van der Waals surface area contributed by atoms with Gasteiger partial charge in [-0.25, -0.2) is 14.1 Å². The summed E-state index contributed by atoms with van der Waals surface area (Å²) < 4.78 is 14.9. The maximum absolute atomic E-state index is 13.4. The predicted octanol–water partition coefficient (Wildman–Crippen LogP) is 5.94. The van der Waals surface area contributed by atoms with Crippen molar-refractivity contribution in [1.29, 1.82) is 0 Å². The van der Waals surface area contributed by atoms with E-state index in [-0.39, 0.29) is 11.6 Å². The van der Waals surface area contributed by atoms with Crippen molar-refractivity contribution in [1.82, 2.24) is 14.8 Å². The molecule has 8 heteroatoms. The molecular formula is C22H15Cl2FN4O. The molecule has 1 heterocycles. The Morgan fingerprint density at radius 3 is 2.50 bits per heavy atom. The van der Waals surface area contributed by atoms with Gasteiger partial charge < -0.3 is 5.32 Å². The van der Waals surface area contributed by atoms with E-state index < -0.39 is 5.91 Å². The number of rotatable bonds is 4. The highest BCUT2D eigenvalue weighted by atomic mass is 35.5. The van der Waals surface area contributed by atoms with Crippen LogP contribution in [0.4, 0.5) is 10.1 Å². The number of hydrogen-bond acceptors (Lipinski definition) is 3. The van der Waals surface area contributed by atoms with Crippen LogP contribution in [0.15, 0.2) is 66.7 Å². The summed E-state index contributed by atoms with van der Waals surface area (Å²) >= 11 is 12.3. The summed E-state index contributed by atoms with van der Waals surface area (Å²) in [6, 6.07) is 18.0. The van der Waals surface area contributed by atoms with Gasteiger partial charge in [0.15, 0.2) is 5.82 Å². The molecule has 0 spiro atoms. The highest BCUT2D eigenvalue weighted by Gasteiger charge is 2.20. The maximum Gasteiger partial charge on any atom is 0.295 e. The molecule has 0 saturated heterocycles. The normalized spacial score (nSPS) is 10.8. The van der Waals surface area contributed by atoms with E-state index in [1.165, 1.54) is 16.8 Å². The first-order valence-corrected chi connectivity index (χ1v) is 9.73. The largest absolute Gasteiger partial charge is 0.319 e. The van der Waals surface area contributed by atoms with Crippen LogP contribution in [-0.4, -0.2) is 20.7 Å². The van der Waals surface area contributed by atoms with Gasteiger partial charge in [0, 0.05) is 21.3 Å². The zero-order valence-corrected chi connectivity index (χ0v) is 17.2. The van der Waals surface area contributed by atoms with Crippen LogP contribution in [0.5, 0.6) is 0 Å². The van der Waals surface area contributed by atoms with Gasteiger partial charge in [-0.05, 0) is 61.0 Å². The molecule has 0 saturated carbocycles. The maximum atomic E-state index is 13.4. The van der Waals surface area contributed by atoms with E-state index in [1.54, 1.807) is 61.5 Å². The molecule has 0 aliphatic rings. The Labute approximate surface area is 182 Å². The van der Waals surface area contributed by atoms with Crippen molar-refractivity contribution in [3.63, 3.8) is 0 Å². The molecule has 1 aromatic heterocycles. The SMILES string of the molecule is Cc1c(Cl)cccc1NC(=O)c1nc(-c2cccc(Cl)c2)n(-c2ccc(F)cc2)n1. The lowest BCUT2D eigenvalue weighted by Crippen LogP contribution is -2.15. The second kappa shape index (κ2) is 8.26. The summed E-state index contributed by atoms with van der Waals surface area (Å²) in [5.74, 6) is -0.521. The number of anilines is 1. The minimum atomic E-state index is -0.496. The summed E-state index contributed by atoms with van der Waals surface area (Å²) in [6.45, 7) is 1.81. The Hall–Kier alpha value is -3.22. The number of benzene rings is 3. The van der Waals surface area contributed by atoms with Crippen molar-refractivity contribution in [2.24, 2.45) is 0 Å². The molecule has 5 nitrogen and oxygen atoms in total. The van der Waals surface area contributed by atoms with Gasteiger partial charge in [0.25, 0.3) is 5.91 Å². The molecule has 0 atom stereocenters. The van der Waals surface area contributed by atoms with Gasteiger partial charge in [0.2, 0.25) is 5.82 Å². The third kappa shape index (κ3) is 4.06. The van der Waals surface area contributed by atoms with Crippen molar-refractivity contribution in [3.8, 4) is 17.1 Å². The highest BCUT2D eigenvalue weighted by Crippen LogP contribution is 2.26. The lowest BCUT2D eigenvalue weighted by Gasteiger charge is -2.07. The fourth-order valence-corrected chi connectivity index (χ4v) is 3.27. The number of hydrogen-bond donors (Lipinski definition) is 1. The summed E-state index contributed by atoms with van der Waals surface area (Å²) in [7, 11) is 0. The van der Waals surface area contributed by atoms with Crippen LogP contribution in [0.3, 0.4) is 0 Å². The fourth-order valence-electron chi connectivity index (χ4n) is 2.91. The minimum absolute atomic E-state index is 0.0475. The zero-order valence-electron chi connectivity index (χ0n) is 15.7. The van der Waals surface area contributed by atoms with E-state index in [2.05, 4.69) is 15.4 Å². The molecule has 0 fully saturated rings. The van der Waals surface area contributed by atoms with Crippen LogP contribution < -0.4 is 5.32 Å². The number of carbonyl (C=O) groups excluding carboxylic acids is 1. The Kier molecular flexibility index (Phi) is 5.53. The minimum Gasteiger partial charge on any atom is -0.319 e. The van der Waals surface area contributed by atoms with Gasteiger partial charge in [0.1, 0.15) is 5.82 Å². The number of halogens is 3. The standard InChI is InChI=1S/C22H15Cl2FN4O/c1-13-18(24)6-3-7-19(13)26-22(30)20-27-21(14-4-2-5-15(23)12-14)29(28-20)17-10-8-16(25)9-11-17/h2-12H,1H3,(H,26,30). The van der Waals surface area contributed by atoms with Crippen LogP contribution in [0.25, 0.3) is 17.1 Å². The molecular weight excluding hydrogens is 426 g/mol. The first-order chi connectivity index (χ1) is 14.4. The molecule has 4 rings (SSSR count). The van der Waals surface area contributed by atoms with Crippen molar-refractivity contribution in [2.45, 2.75) is 6.92 Å². The predicted molar refractivity (Wildman–Crippen MR) is 116 cm³/mol. The molecule has 1 amide bonds. The number of nitrogens with zero attached hydrogens (tertiary/aromatic N) is 3. The topological polar surface area (TPSA) is 59.8 Å². The summed E-state index contributed by atoms with van der Waals surface area (Å²) in [5.41, 5.74) is 2.52. The van der Waals surface area contributed by atoms with E-state index in [0.717, 1.165) is 5.56 Å². The number of amides is 1. The van der Waals surface area contributed by atoms with Crippen molar-refractivity contribution in [3.05, 3.63) is 94.0 Å². The smallest absolute Gasteiger partial charge is 0.295 e. The molecule has 0 aliphatic heterocycles. The molecule has 3 aromatic carbocycles. The summed E-state index contributed by atoms with van der Waals surface area (Å²) in [6.07, 6.45) is 0. The van der Waals surface area contributed by atoms with Gasteiger partial charge in [-0.2, -0.15) is 0 Å². The molecule has 0 aliphatic carbocycles. The zero-order chi connectivity index (χ0) is 21.3. The fraction of sp³-hybridized carbons (Fsp3) is 0.0455. The average Bonchev–Trinajstić information content (AvgIpc) is 3.18. The lowest BCUT2D eigenvalue weighted by molar-refractivity contribution is 0.101. The van der Waals surface area contributed by atoms with Crippen molar-refractivity contribution < 1.29 is 9.18 Å². The van der Waals surface area contributed by atoms with Crippen LogP contribution >= 0.6 is 23.2 Å². The first kappa shape index (κ1) is 20.1. The third-order valence-corrected chi connectivity index (χ3v) is 5.12. The molecule has 150 valence electrons. The highest BCUT2D eigenvalue weighted by molar-refractivity contribution is 6.32. The van der Waals surface area contributed by atoms with Gasteiger partial charge in [0.05, 0.1) is 5.69 Å². The van der Waals surface area contributed by atoms with Crippen LogP contribution in [-0.2, 0) is 0 Å². The second-order valence-corrected chi connectivity index (χ2v) is 7.37. The molecule has 4 aromatic rings. The quantitative estimate of drug-likeness (QED) is 0.426. The van der Waals surface area contributed by atoms with Crippen molar-refractivity contribution in [2.75, 3.05) is 5.32 Å². The molecule has 30 heavy (non-hydrogen) atoms. The van der Waals surface area contributed by atoms with E-state index in [9.17, 15) is 9.18 Å². The lowest BCUT2D eigenvalue weighted by atomic mass is 10.2. The van der Waals surface area contributed by atoms with Crippen LogP contribution in [0.2, 0.25) is 10.0 Å². The monoisotopic (exact) mass is 440 g/mol. The second-order valence-electron chi connectivity index (χ2n) is 6.52. The van der Waals surface area contributed by atoms with E-state index >= 15 is 0 Å². The molecule has 0 radical (unpaired) electrons. The van der Waals surface area contributed by atoms with Gasteiger partial charge in [-0.1, -0.05) is 41.4 Å². The van der Waals surface area contributed by atoms with Gasteiger partial charge >= 0.3 is 0 Å². The number of carbonyl (C=O) groups is 1. The number of nitrogens with one attached hydrogen (secondary N) is 1. The van der Waals surface area contributed by atoms with Crippen molar-refractivity contribution >= 4 is 34.8 Å². The van der Waals surface area contributed by atoms with E-state index in [1.807, 2.05) is 0 Å². The Morgan fingerprint density at radius 1 is 1.03 bits per heavy atom. The Bertz CT molecular complexity index is 1240. The summed E-state index contributed by atoms with van der Waals surface area (Å²) in [5, 5.41) is 8.20. The van der Waals surface area contributed by atoms with E-state index in [4.69, 9.17) is 23.2 Å². The van der Waals surface area contributed by atoms with Crippen LogP contribution in [0.1, 0.15) is 16.2 Å². The molecule has 1 N–H and O–H groups in total. The Balaban J connectivity index is 1.77. The average molecular weight is 441 g/mol.